The number of benzene rings is 3. The molecule has 2 aromatic heterocycles. The van der Waals surface area contributed by atoms with Gasteiger partial charge in [0.2, 0.25) is 5.69 Å². The third-order valence-electron chi connectivity index (χ3n) is 9.00. The fourth-order valence-electron chi connectivity index (χ4n) is 6.98. The zero-order chi connectivity index (χ0) is 28.7. The van der Waals surface area contributed by atoms with Gasteiger partial charge in [0, 0.05) is 32.6 Å². The molecule has 0 bridgehead atoms. The van der Waals surface area contributed by atoms with Gasteiger partial charge in [-0.2, -0.15) is 0 Å². The molecule has 0 spiro atoms. The number of nitrogens with zero attached hydrogens (tertiary/aromatic N) is 1. The Labute approximate surface area is 230 Å². The van der Waals surface area contributed by atoms with Crippen LogP contribution >= 0.6 is 0 Å². The zero-order valence-electron chi connectivity index (χ0n) is 25.9. The molecule has 0 unspecified atom stereocenters. The van der Waals surface area contributed by atoms with Crippen LogP contribution in [0.5, 0.6) is 0 Å². The van der Waals surface area contributed by atoms with Crippen molar-refractivity contribution in [3.05, 3.63) is 89.1 Å². The molecule has 2 aliphatic carbocycles. The molecule has 2 aliphatic rings. The van der Waals surface area contributed by atoms with E-state index in [0.717, 1.165) is 98.7 Å². The number of aryl methyl sites for hydroxylation is 2. The summed E-state index contributed by atoms with van der Waals surface area (Å²) in [7, 11) is 2.06. The average Bonchev–Trinajstić information content (AvgIpc) is 3.55. The van der Waals surface area contributed by atoms with Crippen molar-refractivity contribution < 1.29 is 13.1 Å². The van der Waals surface area contributed by atoms with Crippen LogP contribution in [-0.4, -0.2) is 0 Å². The minimum absolute atomic E-state index is 0.211. The Morgan fingerprint density at radius 2 is 1.71 bits per heavy atom. The fraction of sp³-hybridized carbons (Fsp3) is 0.361. The second-order valence-corrected chi connectivity index (χ2v) is 11.9. The SMILES string of the molecule is [2H]C1([2H])CCC(C)(C)c2c(C3([2H])CCCC3)ccc(-c3cccc4c3oc3c(-c5cccc[n+]5C)c(C)ccc34)c21. The van der Waals surface area contributed by atoms with E-state index in [1.807, 2.05) is 6.07 Å². The highest BCUT2D eigenvalue weighted by Crippen LogP contribution is 2.49. The molecular formula is C36H38NO+. The van der Waals surface area contributed by atoms with Gasteiger partial charge in [0.1, 0.15) is 18.2 Å². The number of hydrogen-bond donors (Lipinski definition) is 0. The molecule has 5 aromatic rings. The summed E-state index contributed by atoms with van der Waals surface area (Å²) < 4.78 is 37.0. The van der Waals surface area contributed by atoms with Crippen LogP contribution in [0.15, 0.2) is 71.3 Å². The van der Waals surface area contributed by atoms with E-state index in [-0.39, 0.29) is 5.41 Å². The normalized spacial score (nSPS) is 20.7. The predicted octanol–water partition coefficient (Wildman–Crippen LogP) is 9.32. The average molecular weight is 504 g/mol. The van der Waals surface area contributed by atoms with E-state index in [0.29, 0.717) is 6.42 Å². The Kier molecular flexibility index (Phi) is 4.78. The lowest BCUT2D eigenvalue weighted by Crippen LogP contribution is -2.30. The second kappa shape index (κ2) is 8.83. The third-order valence-corrected chi connectivity index (χ3v) is 9.00. The van der Waals surface area contributed by atoms with Crippen molar-refractivity contribution in [2.75, 3.05) is 0 Å². The van der Waals surface area contributed by atoms with Gasteiger partial charge >= 0.3 is 0 Å². The lowest BCUT2D eigenvalue weighted by atomic mass is 9.67. The van der Waals surface area contributed by atoms with Crippen molar-refractivity contribution >= 4 is 21.9 Å². The number of aromatic nitrogens is 1. The van der Waals surface area contributed by atoms with Crippen molar-refractivity contribution in [2.24, 2.45) is 7.05 Å². The van der Waals surface area contributed by atoms with Crippen LogP contribution in [-0.2, 0) is 18.8 Å². The number of fused-ring (bicyclic) bond motifs is 4. The van der Waals surface area contributed by atoms with Gasteiger partial charge in [0.25, 0.3) is 0 Å². The van der Waals surface area contributed by atoms with E-state index in [4.69, 9.17) is 4.42 Å². The molecule has 2 heterocycles. The summed E-state index contributed by atoms with van der Waals surface area (Å²) in [6, 6.07) is 21.0. The summed E-state index contributed by atoms with van der Waals surface area (Å²) in [5.74, 6) is -0.643. The van der Waals surface area contributed by atoms with Crippen molar-refractivity contribution in [3.8, 4) is 22.4 Å². The summed E-state index contributed by atoms with van der Waals surface area (Å²) in [5.41, 5.74) is 9.45. The lowest BCUT2D eigenvalue weighted by molar-refractivity contribution is -0.660. The van der Waals surface area contributed by atoms with E-state index in [9.17, 15) is 4.11 Å². The molecule has 0 N–H and O–H groups in total. The molecule has 2 heteroatoms. The van der Waals surface area contributed by atoms with Gasteiger partial charge in [-0.25, -0.2) is 4.57 Å². The van der Waals surface area contributed by atoms with Crippen LogP contribution in [0.1, 0.15) is 84.6 Å². The molecule has 192 valence electrons. The topological polar surface area (TPSA) is 17.0 Å². The number of para-hydroxylation sites is 1. The predicted molar refractivity (Wildman–Crippen MR) is 158 cm³/mol. The van der Waals surface area contributed by atoms with Gasteiger partial charge in [-0.05, 0) is 84.2 Å². The van der Waals surface area contributed by atoms with Gasteiger partial charge in [-0.15, -0.1) is 0 Å². The van der Waals surface area contributed by atoms with E-state index in [1.54, 1.807) is 0 Å². The minimum Gasteiger partial charge on any atom is -0.454 e. The first-order valence-corrected chi connectivity index (χ1v) is 14.1. The Balaban J connectivity index is 1.55. The molecule has 0 atom stereocenters. The zero-order valence-corrected chi connectivity index (χ0v) is 22.9. The maximum Gasteiger partial charge on any atom is 0.216 e. The van der Waals surface area contributed by atoms with Gasteiger partial charge in [0.15, 0.2) is 6.20 Å². The van der Waals surface area contributed by atoms with Gasteiger partial charge in [-0.1, -0.05) is 69.2 Å². The molecule has 1 fully saturated rings. The molecule has 0 amide bonds. The number of hydrogen-bond acceptors (Lipinski definition) is 1. The molecule has 0 aliphatic heterocycles. The Hall–Kier alpha value is -3.39. The van der Waals surface area contributed by atoms with Crippen LogP contribution in [0.25, 0.3) is 44.3 Å². The summed E-state index contributed by atoms with van der Waals surface area (Å²) in [6.07, 6.45) is 5.62. The first kappa shape index (κ1) is 20.6. The third kappa shape index (κ3) is 3.56. The van der Waals surface area contributed by atoms with Crippen LogP contribution in [0, 0.1) is 6.92 Å². The highest BCUT2D eigenvalue weighted by molar-refractivity contribution is 6.13. The van der Waals surface area contributed by atoms with Crippen LogP contribution < -0.4 is 4.57 Å². The Morgan fingerprint density at radius 1 is 0.895 bits per heavy atom. The summed E-state index contributed by atoms with van der Waals surface area (Å²) in [6.45, 7) is 6.61. The monoisotopic (exact) mass is 503 g/mol. The number of rotatable bonds is 3. The number of pyridine rings is 1. The maximum absolute atomic E-state index is 9.45. The second-order valence-electron chi connectivity index (χ2n) is 11.9. The van der Waals surface area contributed by atoms with E-state index >= 15 is 0 Å². The van der Waals surface area contributed by atoms with Crippen LogP contribution in [0.2, 0.25) is 0 Å². The van der Waals surface area contributed by atoms with E-state index < -0.39 is 12.3 Å². The molecule has 3 aromatic carbocycles. The molecule has 0 saturated heterocycles. The van der Waals surface area contributed by atoms with Gasteiger partial charge in [0.05, 0.1) is 5.56 Å². The van der Waals surface area contributed by atoms with Crippen LogP contribution in [0.3, 0.4) is 0 Å². The van der Waals surface area contributed by atoms with Crippen LogP contribution in [0.4, 0.5) is 0 Å². The molecule has 0 radical (unpaired) electrons. The first-order valence-electron chi connectivity index (χ1n) is 15.6. The summed E-state index contributed by atoms with van der Waals surface area (Å²) in [4.78, 5) is 0. The fourth-order valence-corrected chi connectivity index (χ4v) is 6.98. The molecule has 38 heavy (non-hydrogen) atoms. The molecule has 7 rings (SSSR count). The molecular weight excluding hydrogens is 462 g/mol. The Bertz CT molecular complexity index is 1840. The molecule has 2 nitrogen and oxygen atoms in total. The van der Waals surface area contributed by atoms with Gasteiger partial charge < -0.3 is 4.42 Å². The van der Waals surface area contributed by atoms with Crippen molar-refractivity contribution in [1.29, 1.82) is 0 Å². The maximum atomic E-state index is 9.45. The minimum atomic E-state index is -1.49. The molecule has 1 saturated carbocycles. The van der Waals surface area contributed by atoms with Gasteiger partial charge in [-0.3, -0.25) is 0 Å². The summed E-state index contributed by atoms with van der Waals surface area (Å²) >= 11 is 0. The smallest absolute Gasteiger partial charge is 0.216 e. The first-order chi connectivity index (χ1) is 19.5. The van der Waals surface area contributed by atoms with E-state index in [1.165, 1.54) is 0 Å². The summed E-state index contributed by atoms with van der Waals surface area (Å²) in [5, 5.41) is 2.11. The number of furan rings is 1. The van der Waals surface area contributed by atoms with Crippen molar-refractivity contribution in [2.45, 2.75) is 77.0 Å². The van der Waals surface area contributed by atoms with Crippen molar-refractivity contribution in [1.82, 2.24) is 0 Å². The largest absolute Gasteiger partial charge is 0.454 e. The highest BCUT2D eigenvalue weighted by Gasteiger charge is 2.35. The quantitative estimate of drug-likeness (QED) is 0.224. The Morgan fingerprint density at radius 3 is 2.53 bits per heavy atom. The van der Waals surface area contributed by atoms with E-state index in [2.05, 4.69) is 93.2 Å². The lowest BCUT2D eigenvalue weighted by Gasteiger charge is -2.37. The standard InChI is InChI=1S/C36H38NO/c1-23-17-18-30-29-14-9-13-28(34(29)38-35(30)32(23)31-16-7-8-22-37(31)4)26-20-19-25(24-11-5-6-12-24)33-27(26)15-10-21-36(33,2)3/h7-9,13-14,16-20,22,24H,5-6,10-12,15,21H2,1-4H3/q+1/i15D2,24D. The highest BCUT2D eigenvalue weighted by atomic mass is 16.3. The van der Waals surface area contributed by atoms with Crippen molar-refractivity contribution in [3.63, 3.8) is 0 Å².